The standard InChI is InChI=1S/C16H20N4O/c1-19-12-15(17-18-19)16(21)20-10-6-5-9-14(11-20)13-7-3-2-4-8-13/h2-4,7-8,12,14H,5-6,9-11H2,1H3. The van der Waals surface area contributed by atoms with E-state index in [0.29, 0.717) is 11.6 Å². The lowest BCUT2D eigenvalue weighted by molar-refractivity contribution is 0.0748. The Hall–Kier alpha value is -2.17. The third kappa shape index (κ3) is 3.12. The summed E-state index contributed by atoms with van der Waals surface area (Å²) in [7, 11) is 1.78. The molecule has 0 N–H and O–H groups in total. The molecule has 5 heteroatoms. The van der Waals surface area contributed by atoms with Crippen LogP contribution < -0.4 is 0 Å². The summed E-state index contributed by atoms with van der Waals surface area (Å²) in [6, 6.07) is 10.5. The monoisotopic (exact) mass is 284 g/mol. The fourth-order valence-electron chi connectivity index (χ4n) is 2.93. The lowest BCUT2D eigenvalue weighted by Gasteiger charge is -2.24. The van der Waals surface area contributed by atoms with Crippen LogP contribution in [0.2, 0.25) is 0 Å². The fraction of sp³-hybridized carbons (Fsp3) is 0.438. The van der Waals surface area contributed by atoms with Crippen LogP contribution in [0.5, 0.6) is 0 Å². The molecular weight excluding hydrogens is 264 g/mol. The Kier molecular flexibility index (Phi) is 3.99. The second-order valence-electron chi connectivity index (χ2n) is 5.63. The van der Waals surface area contributed by atoms with Gasteiger partial charge in [0.2, 0.25) is 0 Å². The van der Waals surface area contributed by atoms with Gasteiger partial charge in [-0.1, -0.05) is 42.0 Å². The number of hydrogen-bond acceptors (Lipinski definition) is 3. The molecule has 0 bridgehead atoms. The van der Waals surface area contributed by atoms with Crippen molar-refractivity contribution >= 4 is 5.91 Å². The number of benzene rings is 1. The van der Waals surface area contributed by atoms with Crippen LogP contribution in [0.4, 0.5) is 0 Å². The van der Waals surface area contributed by atoms with Crippen molar-refractivity contribution in [3.8, 4) is 0 Å². The molecule has 1 aromatic heterocycles. The van der Waals surface area contributed by atoms with Crippen LogP contribution in [0.1, 0.15) is 41.2 Å². The Balaban J connectivity index is 1.77. The third-order valence-corrected chi connectivity index (χ3v) is 4.05. The van der Waals surface area contributed by atoms with Crippen molar-refractivity contribution < 1.29 is 4.79 Å². The third-order valence-electron chi connectivity index (χ3n) is 4.05. The van der Waals surface area contributed by atoms with E-state index < -0.39 is 0 Å². The molecule has 21 heavy (non-hydrogen) atoms. The molecule has 1 aliphatic heterocycles. The van der Waals surface area contributed by atoms with Crippen molar-refractivity contribution in [1.82, 2.24) is 19.9 Å². The normalized spacial score (nSPS) is 19.3. The van der Waals surface area contributed by atoms with Crippen molar-refractivity contribution in [2.45, 2.75) is 25.2 Å². The second-order valence-corrected chi connectivity index (χ2v) is 5.63. The summed E-state index contributed by atoms with van der Waals surface area (Å²) >= 11 is 0. The zero-order chi connectivity index (χ0) is 14.7. The van der Waals surface area contributed by atoms with Crippen molar-refractivity contribution in [2.24, 2.45) is 7.05 Å². The highest BCUT2D eigenvalue weighted by atomic mass is 16.2. The van der Waals surface area contributed by atoms with E-state index in [4.69, 9.17) is 0 Å². The van der Waals surface area contributed by atoms with E-state index in [1.807, 2.05) is 11.0 Å². The van der Waals surface area contributed by atoms with E-state index in [-0.39, 0.29) is 5.91 Å². The van der Waals surface area contributed by atoms with Gasteiger partial charge in [0.15, 0.2) is 5.69 Å². The number of aromatic nitrogens is 3. The predicted octanol–water partition coefficient (Wildman–Crippen LogP) is 2.22. The van der Waals surface area contributed by atoms with E-state index in [1.165, 1.54) is 5.56 Å². The molecule has 1 aromatic carbocycles. The van der Waals surface area contributed by atoms with Gasteiger partial charge in [-0.25, -0.2) is 0 Å². The first kappa shape index (κ1) is 13.8. The summed E-state index contributed by atoms with van der Waals surface area (Å²) in [5.41, 5.74) is 1.75. The first-order valence-electron chi connectivity index (χ1n) is 7.44. The van der Waals surface area contributed by atoms with Crippen LogP contribution in [0, 0.1) is 0 Å². The van der Waals surface area contributed by atoms with Gasteiger partial charge in [0, 0.05) is 26.1 Å². The maximum atomic E-state index is 12.6. The van der Waals surface area contributed by atoms with E-state index >= 15 is 0 Å². The molecule has 110 valence electrons. The number of nitrogens with zero attached hydrogens (tertiary/aromatic N) is 4. The lowest BCUT2D eigenvalue weighted by atomic mass is 9.94. The zero-order valence-corrected chi connectivity index (χ0v) is 12.3. The summed E-state index contributed by atoms with van der Waals surface area (Å²) in [6.07, 6.45) is 5.03. The van der Waals surface area contributed by atoms with Gasteiger partial charge < -0.3 is 4.90 Å². The number of carbonyl (C=O) groups excluding carboxylic acids is 1. The smallest absolute Gasteiger partial charge is 0.276 e. The number of rotatable bonds is 2. The molecule has 1 amide bonds. The van der Waals surface area contributed by atoms with Crippen LogP contribution in [-0.4, -0.2) is 38.9 Å². The van der Waals surface area contributed by atoms with Gasteiger partial charge in [-0.3, -0.25) is 9.48 Å². The highest BCUT2D eigenvalue weighted by Crippen LogP contribution is 2.26. The highest BCUT2D eigenvalue weighted by Gasteiger charge is 2.25. The molecule has 5 nitrogen and oxygen atoms in total. The lowest BCUT2D eigenvalue weighted by Crippen LogP contribution is -2.34. The minimum atomic E-state index is -0.00840. The molecule has 1 atom stereocenters. The summed E-state index contributed by atoms with van der Waals surface area (Å²) in [4.78, 5) is 14.5. The van der Waals surface area contributed by atoms with E-state index in [1.54, 1.807) is 17.9 Å². The van der Waals surface area contributed by atoms with E-state index in [9.17, 15) is 4.79 Å². The Morgan fingerprint density at radius 2 is 2.05 bits per heavy atom. The van der Waals surface area contributed by atoms with Gasteiger partial charge in [0.25, 0.3) is 5.91 Å². The van der Waals surface area contributed by atoms with Gasteiger partial charge in [-0.2, -0.15) is 0 Å². The molecule has 1 unspecified atom stereocenters. The first-order chi connectivity index (χ1) is 10.2. The molecule has 0 radical (unpaired) electrons. The maximum Gasteiger partial charge on any atom is 0.276 e. The second kappa shape index (κ2) is 6.08. The minimum Gasteiger partial charge on any atom is -0.337 e. The summed E-state index contributed by atoms with van der Waals surface area (Å²) in [5.74, 6) is 0.403. The number of carbonyl (C=O) groups is 1. The molecule has 2 aromatic rings. The number of aryl methyl sites for hydroxylation is 1. The van der Waals surface area contributed by atoms with Crippen molar-refractivity contribution in [3.63, 3.8) is 0 Å². The Morgan fingerprint density at radius 1 is 1.24 bits per heavy atom. The molecule has 1 aliphatic rings. The van der Waals surface area contributed by atoms with Gasteiger partial charge in [-0.05, 0) is 18.4 Å². The maximum absolute atomic E-state index is 12.6. The molecule has 0 aliphatic carbocycles. The van der Waals surface area contributed by atoms with Crippen LogP contribution >= 0.6 is 0 Å². The zero-order valence-electron chi connectivity index (χ0n) is 12.3. The predicted molar refractivity (Wildman–Crippen MR) is 79.9 cm³/mol. The molecule has 3 rings (SSSR count). The Bertz CT molecular complexity index is 608. The highest BCUT2D eigenvalue weighted by molar-refractivity contribution is 5.92. The van der Waals surface area contributed by atoms with E-state index in [2.05, 4.69) is 34.6 Å². The number of hydrogen-bond donors (Lipinski definition) is 0. The molecular formula is C16H20N4O. The fourth-order valence-corrected chi connectivity index (χ4v) is 2.93. The summed E-state index contributed by atoms with van der Waals surface area (Å²) in [6.45, 7) is 1.57. The Labute approximate surface area is 124 Å². The quantitative estimate of drug-likeness (QED) is 0.849. The van der Waals surface area contributed by atoms with Crippen molar-refractivity contribution in [2.75, 3.05) is 13.1 Å². The van der Waals surface area contributed by atoms with Gasteiger partial charge in [0.1, 0.15) is 0 Å². The average molecular weight is 284 g/mol. The summed E-state index contributed by atoms with van der Waals surface area (Å²) in [5, 5.41) is 7.79. The molecule has 1 fully saturated rings. The molecule has 1 saturated heterocycles. The largest absolute Gasteiger partial charge is 0.337 e. The van der Waals surface area contributed by atoms with Gasteiger partial charge >= 0.3 is 0 Å². The SMILES string of the molecule is Cn1cc(C(=O)N2CCCCC(c3ccccc3)C2)nn1. The molecule has 0 saturated carbocycles. The van der Waals surface area contributed by atoms with Crippen LogP contribution in [0.15, 0.2) is 36.5 Å². The topological polar surface area (TPSA) is 51.0 Å². The molecule has 0 spiro atoms. The summed E-state index contributed by atoms with van der Waals surface area (Å²) < 4.78 is 1.57. The number of likely N-dealkylation sites (tertiary alicyclic amines) is 1. The Morgan fingerprint density at radius 3 is 2.76 bits per heavy atom. The van der Waals surface area contributed by atoms with Crippen molar-refractivity contribution in [3.05, 3.63) is 47.8 Å². The van der Waals surface area contributed by atoms with Crippen LogP contribution in [0.25, 0.3) is 0 Å². The van der Waals surface area contributed by atoms with Crippen LogP contribution in [-0.2, 0) is 7.05 Å². The first-order valence-corrected chi connectivity index (χ1v) is 7.44. The molecule has 2 heterocycles. The van der Waals surface area contributed by atoms with E-state index in [0.717, 1.165) is 32.4 Å². The number of amides is 1. The van der Waals surface area contributed by atoms with Gasteiger partial charge in [0.05, 0.1) is 6.20 Å². The average Bonchev–Trinajstić information content (AvgIpc) is 2.81. The minimum absolute atomic E-state index is 0.00840. The van der Waals surface area contributed by atoms with Crippen molar-refractivity contribution in [1.29, 1.82) is 0 Å². The van der Waals surface area contributed by atoms with Gasteiger partial charge in [-0.15, -0.1) is 5.10 Å². The van der Waals surface area contributed by atoms with Crippen LogP contribution in [0.3, 0.4) is 0 Å².